The maximum atomic E-state index is 14.2. The fourth-order valence-electron chi connectivity index (χ4n) is 8.68. The van der Waals surface area contributed by atoms with Crippen LogP contribution in [0.15, 0.2) is 96.1 Å². The lowest BCUT2D eigenvalue weighted by Crippen LogP contribution is -2.68. The Morgan fingerprint density at radius 1 is 0.383 bits per heavy atom. The van der Waals surface area contributed by atoms with E-state index < -0.39 is 172 Å². The number of rotatable bonds is 21. The number of carbonyl (C=O) groups excluding carboxylic acids is 10. The monoisotopic (exact) mass is 1140 g/mol. The molecule has 3 fully saturated rings. The van der Waals surface area contributed by atoms with Crippen LogP contribution in [0.2, 0.25) is 0 Å². The first-order chi connectivity index (χ1) is 38.6. The highest BCUT2D eigenvalue weighted by Crippen LogP contribution is 2.39. The molecule has 28 heteroatoms. The highest BCUT2D eigenvalue weighted by Gasteiger charge is 2.60. The van der Waals surface area contributed by atoms with E-state index >= 15 is 0 Å². The number of ether oxygens (including phenoxy) is 15. The third kappa shape index (κ3) is 17.2. The van der Waals surface area contributed by atoms with Crippen LogP contribution in [0, 0.1) is 0 Å². The minimum atomic E-state index is -2.14. The van der Waals surface area contributed by atoms with Gasteiger partial charge in [-0.15, -0.1) is 0 Å². The molecule has 6 rings (SSSR count). The van der Waals surface area contributed by atoms with Gasteiger partial charge in [-0.05, 0) is 41.9 Å². The van der Waals surface area contributed by atoms with Crippen LogP contribution in [-0.4, -0.2) is 172 Å². The molecule has 15 atom stereocenters. The highest BCUT2D eigenvalue weighted by atomic mass is 16.8. The molecule has 0 bridgehead atoms. The smallest absolute Gasteiger partial charge is 0.338 e. The van der Waals surface area contributed by atoms with Gasteiger partial charge >= 0.3 is 59.7 Å². The number of benzene rings is 3. The molecule has 3 aliphatic heterocycles. The molecule has 434 valence electrons. The Morgan fingerprint density at radius 3 is 1.10 bits per heavy atom. The summed E-state index contributed by atoms with van der Waals surface area (Å²) in [6.45, 7) is 4.48. The van der Waals surface area contributed by atoms with E-state index in [1.807, 2.05) is 0 Å². The summed E-state index contributed by atoms with van der Waals surface area (Å²) in [4.78, 5) is 134. The largest absolute Gasteiger partial charge is 0.463 e. The van der Waals surface area contributed by atoms with Gasteiger partial charge in [-0.2, -0.15) is 0 Å². The summed E-state index contributed by atoms with van der Waals surface area (Å²) in [5.41, 5.74) is 9.84. The number of hydrogen-bond acceptors (Lipinski definition) is 26. The minimum Gasteiger partial charge on any atom is -0.463 e. The van der Waals surface area contributed by atoms with Gasteiger partial charge in [0.05, 0.1) is 16.7 Å². The molecule has 0 aromatic heterocycles. The highest BCUT2D eigenvalue weighted by molar-refractivity contribution is 5.91. The van der Waals surface area contributed by atoms with Gasteiger partial charge in [-0.25, -0.2) is 14.4 Å². The van der Waals surface area contributed by atoms with Gasteiger partial charge in [0.15, 0.2) is 61.5 Å². The van der Waals surface area contributed by atoms with E-state index in [4.69, 9.17) is 71.1 Å². The van der Waals surface area contributed by atoms with E-state index in [1.54, 1.807) is 30.3 Å². The van der Waals surface area contributed by atoms with Crippen LogP contribution in [-0.2, 0) is 105 Å². The van der Waals surface area contributed by atoms with Crippen molar-refractivity contribution in [3.8, 4) is 0 Å². The molecule has 0 radical (unpaired) electrons. The van der Waals surface area contributed by atoms with Crippen molar-refractivity contribution in [3.63, 3.8) is 0 Å². The average Bonchev–Trinajstić information content (AvgIpc) is 3.55. The molecule has 28 nitrogen and oxygen atoms in total. The molecule has 0 saturated carbocycles. The third-order valence-corrected chi connectivity index (χ3v) is 11.8. The lowest BCUT2D eigenvalue weighted by Gasteiger charge is -2.50. The van der Waals surface area contributed by atoms with E-state index in [1.165, 1.54) is 60.7 Å². The first-order valence-corrected chi connectivity index (χ1v) is 24.8. The molecule has 3 aromatic rings. The fourth-order valence-corrected chi connectivity index (χ4v) is 8.68. The molecule has 81 heavy (non-hydrogen) atoms. The molecular formula is C53H57N3O25. The van der Waals surface area contributed by atoms with Crippen molar-refractivity contribution in [1.82, 2.24) is 0 Å². The predicted octanol–water partition coefficient (Wildman–Crippen LogP) is 3.33. The topological polar surface area (TPSA) is 358 Å². The van der Waals surface area contributed by atoms with E-state index in [2.05, 4.69) is 10.0 Å². The zero-order valence-corrected chi connectivity index (χ0v) is 44.5. The first kappa shape index (κ1) is 61.7. The first-order valence-electron chi connectivity index (χ1n) is 24.8. The summed E-state index contributed by atoms with van der Waals surface area (Å²) in [6, 6.07) is 22.4. The summed E-state index contributed by atoms with van der Waals surface area (Å²) < 4.78 is 88.7. The molecule has 0 aliphatic carbocycles. The number of esters is 10. The van der Waals surface area contributed by atoms with Crippen molar-refractivity contribution in [3.05, 3.63) is 118 Å². The Labute approximate surface area is 461 Å². The second kappa shape index (κ2) is 29.1. The zero-order chi connectivity index (χ0) is 58.9. The van der Waals surface area contributed by atoms with Crippen molar-refractivity contribution in [1.29, 1.82) is 0 Å². The molecule has 3 aliphatic rings. The number of carbonyl (C=O) groups is 10. The van der Waals surface area contributed by atoms with Crippen molar-refractivity contribution < 1.29 is 119 Å². The van der Waals surface area contributed by atoms with Crippen LogP contribution < -0.4 is 0 Å². The van der Waals surface area contributed by atoms with Crippen LogP contribution in [0.3, 0.4) is 0 Å². The number of hydrogen-bond donors (Lipinski definition) is 0. The lowest BCUT2D eigenvalue weighted by molar-refractivity contribution is -0.373. The predicted molar refractivity (Wildman–Crippen MR) is 264 cm³/mol. The second-order valence-electron chi connectivity index (χ2n) is 18.0. The molecule has 3 aromatic carbocycles. The van der Waals surface area contributed by atoms with Gasteiger partial charge in [0.1, 0.15) is 50.3 Å². The Balaban J connectivity index is 1.52. The van der Waals surface area contributed by atoms with Gasteiger partial charge < -0.3 is 71.1 Å². The fraction of sp³-hybridized carbons (Fsp3) is 0.472. The second-order valence-corrected chi connectivity index (χ2v) is 18.0. The third-order valence-electron chi connectivity index (χ3n) is 11.8. The summed E-state index contributed by atoms with van der Waals surface area (Å²) in [5, 5.41) is 3.72. The maximum absolute atomic E-state index is 14.2. The summed E-state index contributed by atoms with van der Waals surface area (Å²) in [6.07, 6.45) is -28.4. The van der Waals surface area contributed by atoms with Crippen molar-refractivity contribution >= 4 is 59.7 Å². The summed E-state index contributed by atoms with van der Waals surface area (Å²) >= 11 is 0. The van der Waals surface area contributed by atoms with E-state index in [9.17, 15) is 53.5 Å². The van der Waals surface area contributed by atoms with Gasteiger partial charge in [0.2, 0.25) is 0 Å². The standard InChI is InChI=1S/C53H57N3O25/c1-26(57)67-23-37-39(70-28(3)59)43(71-29(4)60)46(73-31(6)62)52(76-37)81-41-38(24-68-27(2)58)77-53(47(74-32(7)63)44(41)72-30(5)61)80-40-36(25-69-49(64)33-17-11-8-12-18-33)75-48(55-56-54)45(79-51(66)35-21-15-10-16-22-35)42(40)78-50(65)34-19-13-9-14-20-34/h8-22,36-48,52-53H,23-25H2,1-7H3/t36-,37-,38-,39+,40-,41-,42+,43+,44+,45-,46-,47-,48-,52+,53+/m1/s1. The summed E-state index contributed by atoms with van der Waals surface area (Å²) in [7, 11) is 0. The van der Waals surface area contributed by atoms with Crippen LogP contribution >= 0.6 is 0 Å². The van der Waals surface area contributed by atoms with Crippen LogP contribution in [0.5, 0.6) is 0 Å². The van der Waals surface area contributed by atoms with Crippen molar-refractivity contribution in [2.24, 2.45) is 5.11 Å². The van der Waals surface area contributed by atoms with Gasteiger partial charge in [0.25, 0.3) is 0 Å². The molecule has 3 heterocycles. The Hall–Kier alpha value is -8.53. The van der Waals surface area contributed by atoms with Crippen LogP contribution in [0.25, 0.3) is 10.4 Å². The van der Waals surface area contributed by atoms with E-state index in [0.29, 0.717) is 0 Å². The van der Waals surface area contributed by atoms with Crippen molar-refractivity contribution in [2.75, 3.05) is 19.8 Å². The molecular weight excluding hydrogens is 1080 g/mol. The molecule has 0 amide bonds. The Kier molecular flexibility index (Phi) is 22.1. The van der Waals surface area contributed by atoms with Gasteiger partial charge in [0, 0.05) is 53.4 Å². The Morgan fingerprint density at radius 2 is 0.704 bits per heavy atom. The van der Waals surface area contributed by atoms with Gasteiger partial charge in [-0.3, -0.25) is 33.6 Å². The van der Waals surface area contributed by atoms with Crippen LogP contribution in [0.4, 0.5) is 0 Å². The minimum absolute atomic E-state index is 0.0347. The quantitative estimate of drug-likeness (QED) is 0.0485. The average molecular weight is 1140 g/mol. The Bertz CT molecular complexity index is 2780. The molecule has 0 spiro atoms. The SMILES string of the molecule is CC(=O)OC[C@H]1O[C@@H](O[C@H]2[C@H](OC(C)=O)[C@@H](OC(C)=O)[C@H](O[C@H]3[C@H](OC(=O)c4ccccc4)[C@@H](OC(=O)c4ccccc4)[C@H](N=[N+]=[N-])O[C@@H]3COC(=O)c3ccccc3)O[C@@H]2COC(C)=O)[C@H](OC(C)=O)[C@@H](OC(C)=O)[C@H]1OC(C)=O. The molecule has 0 N–H and O–H groups in total. The maximum Gasteiger partial charge on any atom is 0.338 e. The van der Waals surface area contributed by atoms with Gasteiger partial charge in [-0.1, -0.05) is 59.7 Å². The zero-order valence-electron chi connectivity index (χ0n) is 44.5. The molecule has 0 unspecified atom stereocenters. The number of nitrogens with zero attached hydrogens (tertiary/aromatic N) is 3. The normalized spacial score (nSPS) is 27.7. The number of azide groups is 1. The summed E-state index contributed by atoms with van der Waals surface area (Å²) in [5.74, 6) is -10.0. The van der Waals surface area contributed by atoms with E-state index in [0.717, 1.165) is 48.5 Å². The lowest BCUT2D eigenvalue weighted by atomic mass is 9.94. The van der Waals surface area contributed by atoms with Crippen molar-refractivity contribution in [2.45, 2.75) is 141 Å². The van der Waals surface area contributed by atoms with Crippen LogP contribution in [0.1, 0.15) is 79.5 Å². The molecule has 3 saturated heterocycles. The van der Waals surface area contributed by atoms with E-state index in [-0.39, 0.29) is 16.7 Å².